The third kappa shape index (κ3) is 4.37. The largest absolute Gasteiger partial charge is 0.381 e. The number of pyridine rings is 1. The summed E-state index contributed by atoms with van der Waals surface area (Å²) in [6.45, 7) is 0. The summed E-state index contributed by atoms with van der Waals surface area (Å²) in [6.07, 6.45) is 7.83. The van der Waals surface area contributed by atoms with Gasteiger partial charge in [-0.2, -0.15) is 0 Å². The van der Waals surface area contributed by atoms with Crippen LogP contribution in [0.25, 0.3) is 0 Å². The molecule has 0 spiro atoms. The average Bonchev–Trinajstić information content (AvgIpc) is 2.98. The van der Waals surface area contributed by atoms with E-state index < -0.39 is 10.0 Å². The molecule has 2 N–H and O–H groups in total. The van der Waals surface area contributed by atoms with Gasteiger partial charge >= 0.3 is 0 Å². The Morgan fingerprint density at radius 1 is 1.13 bits per heavy atom. The molecule has 0 amide bonds. The fraction of sp³-hybridized carbons (Fsp3) is 0.400. The molecule has 0 aliphatic heterocycles. The number of anilines is 2. The van der Waals surface area contributed by atoms with Gasteiger partial charge in [0, 0.05) is 6.04 Å². The summed E-state index contributed by atoms with van der Waals surface area (Å²) in [5.74, 6) is 0.295. The highest BCUT2D eigenvalue weighted by Crippen LogP contribution is 2.27. The first-order valence-corrected chi connectivity index (χ1v) is 10.2. The predicted octanol–water partition coefficient (Wildman–Crippen LogP) is 4.34. The maximum Gasteiger partial charge on any atom is 0.272 e. The predicted molar refractivity (Wildman–Crippen MR) is 94.9 cm³/mol. The van der Waals surface area contributed by atoms with Crippen molar-refractivity contribution in [1.29, 1.82) is 0 Å². The van der Waals surface area contributed by atoms with Crippen LogP contribution in [-0.2, 0) is 10.0 Å². The third-order valence-electron chi connectivity index (χ3n) is 3.79. The van der Waals surface area contributed by atoms with Crippen LogP contribution in [0.2, 0.25) is 4.34 Å². The van der Waals surface area contributed by atoms with Crippen LogP contribution in [0.15, 0.2) is 34.7 Å². The summed E-state index contributed by atoms with van der Waals surface area (Å²) in [5.41, 5.74) is 0.916. The van der Waals surface area contributed by atoms with Gasteiger partial charge in [0.25, 0.3) is 10.0 Å². The first kappa shape index (κ1) is 16.5. The molecule has 1 fully saturated rings. The second kappa shape index (κ2) is 7.07. The molecule has 2 heterocycles. The number of hydrogen-bond donors (Lipinski definition) is 2. The minimum Gasteiger partial charge on any atom is -0.381 e. The standard InChI is InChI=1S/C15H18ClN3O2S2/c16-13-7-9-15(22-13)23(20,21)19-14-8-6-12(10-17-14)18-11-4-2-1-3-5-11/h6-11,18H,1-5H2,(H,17,19). The molecule has 2 aromatic rings. The molecule has 124 valence electrons. The molecule has 1 aliphatic rings. The zero-order valence-electron chi connectivity index (χ0n) is 12.5. The van der Waals surface area contributed by atoms with E-state index in [1.807, 2.05) is 6.07 Å². The van der Waals surface area contributed by atoms with Gasteiger partial charge < -0.3 is 5.32 Å². The fourth-order valence-corrected chi connectivity index (χ4v) is 5.14. The lowest BCUT2D eigenvalue weighted by Crippen LogP contribution is -2.22. The Bertz CT molecular complexity index is 753. The normalized spacial score (nSPS) is 16.2. The number of sulfonamides is 1. The molecule has 5 nitrogen and oxygen atoms in total. The third-order valence-corrected chi connectivity index (χ3v) is 6.87. The zero-order chi connectivity index (χ0) is 16.3. The highest BCUT2D eigenvalue weighted by molar-refractivity contribution is 7.94. The monoisotopic (exact) mass is 371 g/mol. The summed E-state index contributed by atoms with van der Waals surface area (Å²) < 4.78 is 27.5. The Hall–Kier alpha value is -1.31. The van der Waals surface area contributed by atoms with Gasteiger partial charge in [-0.25, -0.2) is 13.4 Å². The molecule has 0 radical (unpaired) electrons. The van der Waals surface area contributed by atoms with Crippen molar-refractivity contribution >= 4 is 44.5 Å². The minimum absolute atomic E-state index is 0.175. The van der Waals surface area contributed by atoms with Crippen LogP contribution in [0.3, 0.4) is 0 Å². The number of hydrogen-bond acceptors (Lipinski definition) is 5. The molecule has 3 rings (SSSR count). The lowest BCUT2D eigenvalue weighted by Gasteiger charge is -2.23. The van der Waals surface area contributed by atoms with Crippen LogP contribution in [0.1, 0.15) is 32.1 Å². The van der Waals surface area contributed by atoms with Crippen LogP contribution in [0.5, 0.6) is 0 Å². The van der Waals surface area contributed by atoms with E-state index in [-0.39, 0.29) is 4.21 Å². The quantitative estimate of drug-likeness (QED) is 0.820. The van der Waals surface area contributed by atoms with Gasteiger partial charge in [-0.15, -0.1) is 11.3 Å². The molecule has 0 atom stereocenters. The van der Waals surface area contributed by atoms with Crippen molar-refractivity contribution in [2.45, 2.75) is 42.4 Å². The van der Waals surface area contributed by atoms with Crippen molar-refractivity contribution in [2.75, 3.05) is 10.0 Å². The van der Waals surface area contributed by atoms with Gasteiger partial charge in [0.05, 0.1) is 16.2 Å². The molecule has 2 aromatic heterocycles. The van der Waals surface area contributed by atoms with E-state index in [1.54, 1.807) is 18.3 Å². The minimum atomic E-state index is -3.63. The number of halogens is 1. The average molecular weight is 372 g/mol. The van der Waals surface area contributed by atoms with E-state index in [1.165, 1.54) is 38.2 Å². The second-order valence-corrected chi connectivity index (χ2v) is 9.20. The van der Waals surface area contributed by atoms with E-state index >= 15 is 0 Å². The molecule has 8 heteroatoms. The first-order valence-electron chi connectivity index (χ1n) is 7.54. The maximum absolute atomic E-state index is 12.2. The Morgan fingerprint density at radius 3 is 2.52 bits per heavy atom. The van der Waals surface area contributed by atoms with E-state index in [0.717, 1.165) is 17.0 Å². The Kier molecular flexibility index (Phi) is 5.08. The van der Waals surface area contributed by atoms with Crippen molar-refractivity contribution < 1.29 is 8.42 Å². The summed E-state index contributed by atoms with van der Waals surface area (Å²) >= 11 is 6.80. The lowest BCUT2D eigenvalue weighted by molar-refractivity contribution is 0.462. The van der Waals surface area contributed by atoms with E-state index in [2.05, 4.69) is 15.0 Å². The number of thiophene rings is 1. The highest BCUT2D eigenvalue weighted by Gasteiger charge is 2.17. The van der Waals surface area contributed by atoms with E-state index in [4.69, 9.17) is 11.6 Å². The summed E-state index contributed by atoms with van der Waals surface area (Å²) in [7, 11) is -3.63. The first-order chi connectivity index (χ1) is 11.0. The Morgan fingerprint density at radius 2 is 1.91 bits per heavy atom. The van der Waals surface area contributed by atoms with Gasteiger partial charge in [-0.3, -0.25) is 4.72 Å². The van der Waals surface area contributed by atoms with Gasteiger partial charge in [-0.05, 0) is 37.1 Å². The van der Waals surface area contributed by atoms with Crippen molar-refractivity contribution in [3.05, 3.63) is 34.8 Å². The summed E-state index contributed by atoms with van der Waals surface area (Å²) in [4.78, 5) is 4.18. The number of nitrogens with zero attached hydrogens (tertiary/aromatic N) is 1. The molecule has 1 saturated carbocycles. The molecule has 23 heavy (non-hydrogen) atoms. The molecular formula is C15H18ClN3O2S2. The van der Waals surface area contributed by atoms with E-state index in [9.17, 15) is 8.42 Å². The van der Waals surface area contributed by atoms with Crippen LogP contribution in [0.4, 0.5) is 11.5 Å². The number of rotatable bonds is 5. The van der Waals surface area contributed by atoms with Gasteiger partial charge in [0.15, 0.2) is 0 Å². The topological polar surface area (TPSA) is 71.1 Å². The second-order valence-electron chi connectivity index (χ2n) is 5.58. The number of nitrogens with one attached hydrogen (secondary N) is 2. The fourth-order valence-electron chi connectivity index (χ4n) is 2.65. The summed E-state index contributed by atoms with van der Waals surface area (Å²) in [6, 6.07) is 7.04. The highest BCUT2D eigenvalue weighted by atomic mass is 35.5. The molecule has 0 unspecified atom stereocenters. The molecule has 1 aliphatic carbocycles. The Balaban J connectivity index is 1.65. The molecule has 0 bridgehead atoms. The summed E-state index contributed by atoms with van der Waals surface area (Å²) in [5, 5.41) is 3.45. The molecule has 0 saturated heterocycles. The molecule has 0 aromatic carbocycles. The van der Waals surface area contributed by atoms with Crippen LogP contribution < -0.4 is 10.0 Å². The lowest BCUT2D eigenvalue weighted by atomic mass is 9.95. The van der Waals surface area contributed by atoms with Crippen molar-refractivity contribution in [3.63, 3.8) is 0 Å². The number of aromatic nitrogens is 1. The van der Waals surface area contributed by atoms with Gasteiger partial charge in [0.1, 0.15) is 10.0 Å². The van der Waals surface area contributed by atoms with E-state index in [0.29, 0.717) is 16.2 Å². The zero-order valence-corrected chi connectivity index (χ0v) is 14.8. The van der Waals surface area contributed by atoms with Gasteiger partial charge in [-0.1, -0.05) is 30.9 Å². The van der Waals surface area contributed by atoms with Crippen LogP contribution >= 0.6 is 22.9 Å². The molecular weight excluding hydrogens is 354 g/mol. The van der Waals surface area contributed by atoms with Crippen LogP contribution in [0, 0.1) is 0 Å². The van der Waals surface area contributed by atoms with Crippen LogP contribution in [-0.4, -0.2) is 19.4 Å². The maximum atomic E-state index is 12.2. The Labute approximate surface area is 145 Å². The van der Waals surface area contributed by atoms with Crippen molar-refractivity contribution in [3.8, 4) is 0 Å². The van der Waals surface area contributed by atoms with Crippen molar-refractivity contribution in [2.24, 2.45) is 0 Å². The SMILES string of the molecule is O=S(=O)(Nc1ccc(NC2CCCCC2)cn1)c1ccc(Cl)s1. The van der Waals surface area contributed by atoms with Gasteiger partial charge in [0.2, 0.25) is 0 Å². The smallest absolute Gasteiger partial charge is 0.272 e. The van der Waals surface area contributed by atoms with Crippen molar-refractivity contribution in [1.82, 2.24) is 4.98 Å².